The van der Waals surface area contributed by atoms with Crippen molar-refractivity contribution >= 4 is 0 Å². The molecule has 1 unspecified atom stereocenters. The molecular weight excluding hydrogens is 164 g/mol. The molecule has 1 rings (SSSR count). The van der Waals surface area contributed by atoms with Gasteiger partial charge >= 0.3 is 0 Å². The molecular formula is C7H14O5. The molecule has 5 atom stereocenters. The van der Waals surface area contributed by atoms with Crippen LogP contribution in [0, 0.1) is 5.92 Å². The fourth-order valence-electron chi connectivity index (χ4n) is 1.23. The second-order valence-electron chi connectivity index (χ2n) is 3.09. The van der Waals surface area contributed by atoms with Crippen molar-refractivity contribution in [3.8, 4) is 0 Å². The molecule has 5 nitrogen and oxygen atoms in total. The quantitative estimate of drug-likeness (QED) is 0.375. The summed E-state index contributed by atoms with van der Waals surface area (Å²) in [6.07, 6.45) is -4.20. The summed E-state index contributed by atoms with van der Waals surface area (Å²) in [6, 6.07) is 0. The van der Waals surface area contributed by atoms with Crippen LogP contribution in [0.25, 0.3) is 0 Å². The Morgan fingerprint density at radius 2 is 1.75 bits per heavy atom. The highest BCUT2D eigenvalue weighted by atomic mass is 16.6. The number of aliphatic hydroxyl groups is 4. The van der Waals surface area contributed by atoms with Gasteiger partial charge < -0.3 is 25.2 Å². The summed E-state index contributed by atoms with van der Waals surface area (Å²) in [5.41, 5.74) is 0. The van der Waals surface area contributed by atoms with Gasteiger partial charge in [0.25, 0.3) is 0 Å². The highest BCUT2D eigenvalue weighted by Gasteiger charge is 2.40. The normalized spacial score (nSPS) is 49.2. The topological polar surface area (TPSA) is 90.2 Å². The van der Waals surface area contributed by atoms with E-state index in [0.29, 0.717) is 0 Å². The highest BCUT2D eigenvalue weighted by Crippen LogP contribution is 2.23. The molecule has 0 bridgehead atoms. The molecule has 72 valence electrons. The maximum atomic E-state index is 9.32. The van der Waals surface area contributed by atoms with Crippen LogP contribution in [-0.4, -0.2) is 51.6 Å². The second kappa shape index (κ2) is 3.68. The SMILES string of the molecule is CC1[C@H](O)O[C@@H](CO)[C@@H](O)[C@H]1O. The number of rotatable bonds is 1. The van der Waals surface area contributed by atoms with Gasteiger partial charge in [-0.05, 0) is 0 Å². The van der Waals surface area contributed by atoms with E-state index >= 15 is 0 Å². The summed E-state index contributed by atoms with van der Waals surface area (Å²) in [5, 5.41) is 36.4. The van der Waals surface area contributed by atoms with Gasteiger partial charge in [-0.2, -0.15) is 0 Å². The first-order valence-corrected chi connectivity index (χ1v) is 3.88. The minimum Gasteiger partial charge on any atom is -0.394 e. The third kappa shape index (κ3) is 1.60. The van der Waals surface area contributed by atoms with Crippen LogP contribution < -0.4 is 0 Å². The van der Waals surface area contributed by atoms with Crippen LogP contribution in [0.3, 0.4) is 0 Å². The first-order valence-electron chi connectivity index (χ1n) is 3.88. The van der Waals surface area contributed by atoms with Crippen molar-refractivity contribution in [1.82, 2.24) is 0 Å². The number of hydrogen-bond donors (Lipinski definition) is 4. The van der Waals surface area contributed by atoms with E-state index in [1.807, 2.05) is 0 Å². The first-order chi connectivity index (χ1) is 5.57. The van der Waals surface area contributed by atoms with E-state index in [9.17, 15) is 10.2 Å². The Morgan fingerprint density at radius 1 is 1.17 bits per heavy atom. The van der Waals surface area contributed by atoms with Gasteiger partial charge in [-0.25, -0.2) is 0 Å². The van der Waals surface area contributed by atoms with Crippen LogP contribution >= 0.6 is 0 Å². The molecule has 1 saturated heterocycles. The molecule has 0 radical (unpaired) electrons. The van der Waals surface area contributed by atoms with E-state index < -0.39 is 37.1 Å². The molecule has 0 spiro atoms. The summed E-state index contributed by atoms with van der Waals surface area (Å²) >= 11 is 0. The van der Waals surface area contributed by atoms with Gasteiger partial charge in [0.2, 0.25) is 0 Å². The Balaban J connectivity index is 2.63. The molecule has 1 heterocycles. The van der Waals surface area contributed by atoms with E-state index in [-0.39, 0.29) is 0 Å². The van der Waals surface area contributed by atoms with E-state index in [0.717, 1.165) is 0 Å². The molecule has 4 N–H and O–H groups in total. The number of aliphatic hydroxyl groups excluding tert-OH is 4. The molecule has 0 aromatic heterocycles. The molecule has 1 aliphatic heterocycles. The van der Waals surface area contributed by atoms with Crippen LogP contribution in [-0.2, 0) is 4.74 Å². The van der Waals surface area contributed by atoms with Gasteiger partial charge in [0.05, 0.1) is 12.7 Å². The summed E-state index contributed by atoms with van der Waals surface area (Å²) in [6.45, 7) is 1.15. The number of hydrogen-bond acceptors (Lipinski definition) is 5. The van der Waals surface area contributed by atoms with E-state index in [2.05, 4.69) is 0 Å². The lowest BCUT2D eigenvalue weighted by Gasteiger charge is -2.38. The minimum atomic E-state index is -1.13. The lowest BCUT2D eigenvalue weighted by Crippen LogP contribution is -2.54. The van der Waals surface area contributed by atoms with Crippen molar-refractivity contribution in [3.63, 3.8) is 0 Å². The maximum absolute atomic E-state index is 9.32. The first kappa shape index (κ1) is 9.88. The molecule has 0 amide bonds. The zero-order valence-electron chi connectivity index (χ0n) is 6.79. The van der Waals surface area contributed by atoms with E-state index in [4.69, 9.17) is 14.9 Å². The summed E-state index contributed by atoms with van der Waals surface area (Å²) < 4.78 is 4.83. The molecule has 0 aromatic rings. The van der Waals surface area contributed by atoms with Gasteiger partial charge in [-0.3, -0.25) is 0 Å². The Kier molecular flexibility index (Phi) is 3.03. The number of ether oxygens (including phenoxy) is 1. The Morgan fingerprint density at radius 3 is 2.25 bits per heavy atom. The van der Waals surface area contributed by atoms with Crippen molar-refractivity contribution in [2.75, 3.05) is 6.61 Å². The fourth-order valence-corrected chi connectivity index (χ4v) is 1.23. The van der Waals surface area contributed by atoms with E-state index in [1.165, 1.54) is 0 Å². The highest BCUT2D eigenvalue weighted by molar-refractivity contribution is 4.86. The largest absolute Gasteiger partial charge is 0.394 e. The minimum absolute atomic E-state index is 0.415. The van der Waals surface area contributed by atoms with Gasteiger partial charge in [0.1, 0.15) is 12.2 Å². The van der Waals surface area contributed by atoms with Gasteiger partial charge in [0.15, 0.2) is 6.29 Å². The Hall–Kier alpha value is -0.200. The molecule has 1 fully saturated rings. The second-order valence-corrected chi connectivity index (χ2v) is 3.09. The fraction of sp³-hybridized carbons (Fsp3) is 1.00. The van der Waals surface area contributed by atoms with Crippen LogP contribution in [0.15, 0.2) is 0 Å². The zero-order valence-corrected chi connectivity index (χ0v) is 6.79. The van der Waals surface area contributed by atoms with Crippen molar-refractivity contribution in [2.45, 2.75) is 31.5 Å². The molecule has 0 aliphatic carbocycles. The maximum Gasteiger partial charge on any atom is 0.160 e. The summed E-state index contributed by atoms with van der Waals surface area (Å²) in [5.74, 6) is -0.539. The lowest BCUT2D eigenvalue weighted by molar-refractivity contribution is -0.266. The smallest absolute Gasteiger partial charge is 0.160 e. The standard InChI is InChI=1S/C7H14O5/c1-3-5(9)6(10)4(2-8)12-7(3)11/h3-11H,2H2,1H3/t3?,4-,5-,6+,7+/m0/s1. The molecule has 12 heavy (non-hydrogen) atoms. The molecule has 5 heteroatoms. The monoisotopic (exact) mass is 178 g/mol. The van der Waals surface area contributed by atoms with Crippen LogP contribution in [0.5, 0.6) is 0 Å². The average Bonchev–Trinajstić information content (AvgIpc) is 2.08. The van der Waals surface area contributed by atoms with Crippen LogP contribution in [0.4, 0.5) is 0 Å². The predicted molar refractivity (Wildman–Crippen MR) is 39.1 cm³/mol. The van der Waals surface area contributed by atoms with Crippen molar-refractivity contribution in [2.24, 2.45) is 5.92 Å². The predicted octanol–water partition coefficient (Wildman–Crippen LogP) is -1.95. The van der Waals surface area contributed by atoms with Crippen LogP contribution in [0.2, 0.25) is 0 Å². The van der Waals surface area contributed by atoms with Gasteiger partial charge in [0, 0.05) is 5.92 Å². The molecule has 0 aromatic carbocycles. The van der Waals surface area contributed by atoms with E-state index in [1.54, 1.807) is 6.92 Å². The zero-order chi connectivity index (χ0) is 9.30. The van der Waals surface area contributed by atoms with Gasteiger partial charge in [-0.15, -0.1) is 0 Å². The lowest BCUT2D eigenvalue weighted by atomic mass is 9.93. The Labute approximate surface area is 70.2 Å². The van der Waals surface area contributed by atoms with Crippen LogP contribution in [0.1, 0.15) is 6.92 Å². The Bertz CT molecular complexity index is 146. The summed E-state index contributed by atoms with van der Waals surface area (Å²) in [7, 11) is 0. The third-order valence-corrected chi connectivity index (χ3v) is 2.21. The third-order valence-electron chi connectivity index (χ3n) is 2.21. The van der Waals surface area contributed by atoms with Crippen molar-refractivity contribution in [3.05, 3.63) is 0 Å². The summed E-state index contributed by atoms with van der Waals surface area (Å²) in [4.78, 5) is 0. The molecule has 1 aliphatic rings. The average molecular weight is 178 g/mol. The van der Waals surface area contributed by atoms with Gasteiger partial charge in [-0.1, -0.05) is 6.92 Å². The molecule has 0 saturated carbocycles. The van der Waals surface area contributed by atoms with Crippen molar-refractivity contribution in [1.29, 1.82) is 0 Å². The van der Waals surface area contributed by atoms with Crippen molar-refractivity contribution < 1.29 is 25.2 Å².